The number of rotatable bonds is 3. The Balaban J connectivity index is 1.66. The van der Waals surface area contributed by atoms with Crippen LogP contribution in [0.15, 0.2) is 24.3 Å². The van der Waals surface area contributed by atoms with Crippen LogP contribution in [0.4, 0.5) is 0 Å². The molecule has 2 atom stereocenters. The van der Waals surface area contributed by atoms with Crippen molar-refractivity contribution in [1.82, 2.24) is 10.2 Å². The summed E-state index contributed by atoms with van der Waals surface area (Å²) in [5.41, 5.74) is 1.40. The van der Waals surface area contributed by atoms with Gasteiger partial charge in [0.15, 0.2) is 0 Å². The molecule has 1 aromatic rings. The van der Waals surface area contributed by atoms with E-state index in [1.165, 1.54) is 37.8 Å². The van der Waals surface area contributed by atoms with Gasteiger partial charge in [0.25, 0.3) is 0 Å². The van der Waals surface area contributed by atoms with Gasteiger partial charge in [-0.05, 0) is 30.5 Å². The fourth-order valence-electron chi connectivity index (χ4n) is 3.51. The molecule has 1 saturated carbocycles. The van der Waals surface area contributed by atoms with E-state index in [1.807, 2.05) is 0 Å². The summed E-state index contributed by atoms with van der Waals surface area (Å²) in [4.78, 5) is 2.67. The summed E-state index contributed by atoms with van der Waals surface area (Å²) in [5, 5.41) is 3.69. The maximum absolute atomic E-state index is 5.22. The molecule has 1 N–H and O–H groups in total. The molecule has 0 bridgehead atoms. The van der Waals surface area contributed by atoms with E-state index in [-0.39, 0.29) is 0 Å². The third-order valence-electron chi connectivity index (χ3n) is 4.55. The number of ether oxygens (including phenoxy) is 1. The SMILES string of the molecule is COc1ccc(CN2CCNC3CCCCC32)cc1. The van der Waals surface area contributed by atoms with Crippen molar-refractivity contribution in [2.75, 3.05) is 20.2 Å². The zero-order valence-corrected chi connectivity index (χ0v) is 11.8. The van der Waals surface area contributed by atoms with E-state index >= 15 is 0 Å². The standard InChI is InChI=1S/C16H24N2O/c1-19-14-8-6-13(7-9-14)12-18-11-10-17-15-4-2-3-5-16(15)18/h6-9,15-17H,2-5,10-12H2,1H3. The zero-order valence-electron chi connectivity index (χ0n) is 11.8. The topological polar surface area (TPSA) is 24.5 Å². The van der Waals surface area contributed by atoms with Crippen LogP contribution in [-0.4, -0.2) is 37.2 Å². The van der Waals surface area contributed by atoms with Crippen molar-refractivity contribution >= 4 is 0 Å². The first-order valence-corrected chi connectivity index (χ1v) is 7.47. The number of nitrogens with one attached hydrogen (secondary N) is 1. The fraction of sp³-hybridized carbons (Fsp3) is 0.625. The average Bonchev–Trinajstić information content (AvgIpc) is 2.48. The molecule has 2 fully saturated rings. The Labute approximate surface area is 115 Å². The Morgan fingerprint density at radius 1 is 1.21 bits per heavy atom. The van der Waals surface area contributed by atoms with Crippen LogP contribution >= 0.6 is 0 Å². The first-order valence-electron chi connectivity index (χ1n) is 7.47. The number of hydrogen-bond donors (Lipinski definition) is 1. The van der Waals surface area contributed by atoms with Crippen molar-refractivity contribution in [2.45, 2.75) is 44.3 Å². The molecule has 0 aromatic heterocycles. The van der Waals surface area contributed by atoms with Crippen molar-refractivity contribution in [3.05, 3.63) is 29.8 Å². The van der Waals surface area contributed by atoms with Crippen LogP contribution in [0.2, 0.25) is 0 Å². The lowest BCUT2D eigenvalue weighted by Crippen LogP contribution is -2.58. The Kier molecular flexibility index (Phi) is 4.04. The summed E-state index contributed by atoms with van der Waals surface area (Å²) in [7, 11) is 1.72. The van der Waals surface area contributed by atoms with Crippen LogP contribution in [0.1, 0.15) is 31.2 Å². The van der Waals surface area contributed by atoms with Crippen molar-refractivity contribution in [3.8, 4) is 5.75 Å². The van der Waals surface area contributed by atoms with Crippen LogP contribution in [0, 0.1) is 0 Å². The van der Waals surface area contributed by atoms with E-state index in [1.54, 1.807) is 7.11 Å². The molecule has 0 radical (unpaired) electrons. The number of piperazine rings is 1. The van der Waals surface area contributed by atoms with E-state index in [0.29, 0.717) is 0 Å². The highest BCUT2D eigenvalue weighted by molar-refractivity contribution is 5.27. The lowest BCUT2D eigenvalue weighted by Gasteiger charge is -2.44. The van der Waals surface area contributed by atoms with Gasteiger partial charge in [0.05, 0.1) is 7.11 Å². The number of fused-ring (bicyclic) bond motifs is 1. The third kappa shape index (κ3) is 2.93. The van der Waals surface area contributed by atoms with E-state index < -0.39 is 0 Å². The number of nitrogens with zero attached hydrogens (tertiary/aromatic N) is 1. The summed E-state index contributed by atoms with van der Waals surface area (Å²) < 4.78 is 5.22. The van der Waals surface area contributed by atoms with Gasteiger partial charge in [0.2, 0.25) is 0 Å². The van der Waals surface area contributed by atoms with Crippen LogP contribution in [-0.2, 0) is 6.54 Å². The lowest BCUT2D eigenvalue weighted by atomic mass is 9.87. The first-order chi connectivity index (χ1) is 9.36. The minimum absolute atomic E-state index is 0.723. The molecule has 104 valence electrons. The van der Waals surface area contributed by atoms with Gasteiger partial charge in [0.1, 0.15) is 5.75 Å². The van der Waals surface area contributed by atoms with Gasteiger partial charge >= 0.3 is 0 Å². The average molecular weight is 260 g/mol. The molecule has 1 heterocycles. The van der Waals surface area contributed by atoms with Crippen molar-refractivity contribution in [1.29, 1.82) is 0 Å². The summed E-state index contributed by atoms with van der Waals surface area (Å²) in [6.45, 7) is 3.39. The van der Waals surface area contributed by atoms with Gasteiger partial charge in [-0.2, -0.15) is 0 Å². The monoisotopic (exact) mass is 260 g/mol. The molecule has 0 spiro atoms. The number of hydrogen-bond acceptors (Lipinski definition) is 3. The van der Waals surface area contributed by atoms with E-state index in [2.05, 4.69) is 34.5 Å². The Bertz CT molecular complexity index is 402. The summed E-state index contributed by atoms with van der Waals surface area (Å²) in [6.07, 6.45) is 5.49. The maximum atomic E-state index is 5.22. The fourth-order valence-corrected chi connectivity index (χ4v) is 3.51. The lowest BCUT2D eigenvalue weighted by molar-refractivity contribution is 0.0815. The molecule has 1 saturated heterocycles. The molecular formula is C16H24N2O. The second kappa shape index (κ2) is 5.93. The molecule has 3 rings (SSSR count). The van der Waals surface area contributed by atoms with Crippen LogP contribution in [0.25, 0.3) is 0 Å². The van der Waals surface area contributed by atoms with Gasteiger partial charge in [0, 0.05) is 31.7 Å². The molecule has 3 nitrogen and oxygen atoms in total. The summed E-state index contributed by atoms with van der Waals surface area (Å²) in [5.74, 6) is 0.944. The second-order valence-electron chi connectivity index (χ2n) is 5.73. The Hall–Kier alpha value is -1.06. The molecule has 1 aliphatic heterocycles. The Morgan fingerprint density at radius 2 is 2.00 bits per heavy atom. The number of benzene rings is 1. The minimum atomic E-state index is 0.723. The smallest absolute Gasteiger partial charge is 0.118 e. The largest absolute Gasteiger partial charge is 0.497 e. The van der Waals surface area contributed by atoms with Crippen LogP contribution < -0.4 is 10.1 Å². The summed E-state index contributed by atoms with van der Waals surface area (Å²) >= 11 is 0. The Morgan fingerprint density at radius 3 is 2.79 bits per heavy atom. The molecule has 2 unspecified atom stereocenters. The minimum Gasteiger partial charge on any atom is -0.497 e. The zero-order chi connectivity index (χ0) is 13.1. The molecule has 1 aromatic carbocycles. The van der Waals surface area contributed by atoms with E-state index in [0.717, 1.165) is 30.9 Å². The van der Waals surface area contributed by atoms with Gasteiger partial charge in [-0.3, -0.25) is 4.90 Å². The molecular weight excluding hydrogens is 236 g/mol. The van der Waals surface area contributed by atoms with E-state index in [4.69, 9.17) is 4.74 Å². The van der Waals surface area contributed by atoms with Gasteiger partial charge in [-0.1, -0.05) is 25.0 Å². The van der Waals surface area contributed by atoms with E-state index in [9.17, 15) is 0 Å². The normalized spacial score (nSPS) is 27.8. The van der Waals surface area contributed by atoms with Gasteiger partial charge in [-0.15, -0.1) is 0 Å². The predicted molar refractivity (Wildman–Crippen MR) is 77.5 cm³/mol. The van der Waals surface area contributed by atoms with Crippen molar-refractivity contribution < 1.29 is 4.74 Å². The molecule has 1 aliphatic carbocycles. The quantitative estimate of drug-likeness (QED) is 0.903. The van der Waals surface area contributed by atoms with Crippen molar-refractivity contribution in [3.63, 3.8) is 0 Å². The molecule has 2 aliphatic rings. The highest BCUT2D eigenvalue weighted by atomic mass is 16.5. The molecule has 19 heavy (non-hydrogen) atoms. The molecule has 3 heteroatoms. The van der Waals surface area contributed by atoms with Gasteiger partial charge < -0.3 is 10.1 Å². The second-order valence-corrected chi connectivity index (χ2v) is 5.73. The third-order valence-corrected chi connectivity index (χ3v) is 4.55. The maximum Gasteiger partial charge on any atom is 0.118 e. The van der Waals surface area contributed by atoms with Crippen LogP contribution in [0.3, 0.4) is 0 Å². The van der Waals surface area contributed by atoms with Crippen molar-refractivity contribution in [2.24, 2.45) is 0 Å². The summed E-state index contributed by atoms with van der Waals surface area (Å²) in [6, 6.07) is 9.98. The molecule has 0 amide bonds. The number of methoxy groups -OCH3 is 1. The highest BCUT2D eigenvalue weighted by Crippen LogP contribution is 2.26. The van der Waals surface area contributed by atoms with Crippen LogP contribution in [0.5, 0.6) is 5.75 Å². The first kappa shape index (κ1) is 12.9. The highest BCUT2D eigenvalue weighted by Gasteiger charge is 2.32. The predicted octanol–water partition coefficient (Wildman–Crippen LogP) is 2.41. The van der Waals surface area contributed by atoms with Gasteiger partial charge in [-0.25, -0.2) is 0 Å².